The van der Waals surface area contributed by atoms with Gasteiger partial charge in [-0.15, -0.1) is 0 Å². The predicted octanol–water partition coefficient (Wildman–Crippen LogP) is 6.16. The molecule has 0 spiro atoms. The molecule has 1 aromatic carbocycles. The average molecular weight is 486 g/mol. The van der Waals surface area contributed by atoms with Crippen LogP contribution in [0.15, 0.2) is 36.8 Å². The fraction of sp³-hybridized carbons (Fsp3) is 0.385. The zero-order valence-electron chi connectivity index (χ0n) is 22.0. The summed E-state index contributed by atoms with van der Waals surface area (Å²) in [7, 11) is 1.39. The zero-order valence-corrected chi connectivity index (χ0v) is 19.7. The Hall–Kier alpha value is -2.90. The molecule has 0 unspecified atom stereocenters. The molecule has 34 heavy (non-hydrogen) atoms. The minimum absolute atomic E-state index is 0.0685. The largest absolute Gasteiger partial charge is 0.496 e. The molecule has 6 nitrogen and oxygen atoms in total. The number of nitrogens with zero attached hydrogens (tertiary/aromatic N) is 3. The Morgan fingerprint density at radius 1 is 1.29 bits per heavy atom. The van der Waals surface area contributed by atoms with Crippen molar-refractivity contribution in [3.05, 3.63) is 64.5 Å². The zero-order chi connectivity index (χ0) is 26.5. The third-order valence-corrected chi connectivity index (χ3v) is 7.23. The smallest absolute Gasteiger partial charge is 0.142 e. The van der Waals surface area contributed by atoms with Crippen molar-refractivity contribution in [2.45, 2.75) is 57.5 Å². The number of methoxy groups -OCH3 is 1. The van der Waals surface area contributed by atoms with Crippen LogP contribution in [0.25, 0.3) is 22.2 Å². The SMILES string of the molecule is [2H]C([2H])([2H])[C@H](c1c(OC)ccc(F)c1Cl)c1c[nH]c2ncc(-c3cnn([C@H]4CC[C@H](O)CC4)c3C)cc12. The van der Waals surface area contributed by atoms with E-state index in [9.17, 15) is 9.50 Å². The minimum atomic E-state index is -2.55. The van der Waals surface area contributed by atoms with E-state index in [2.05, 4.69) is 15.1 Å². The quantitative estimate of drug-likeness (QED) is 0.354. The topological polar surface area (TPSA) is 76.0 Å². The lowest BCUT2D eigenvalue weighted by molar-refractivity contribution is 0.107. The van der Waals surface area contributed by atoms with Gasteiger partial charge in [0.1, 0.15) is 17.2 Å². The highest BCUT2D eigenvalue weighted by atomic mass is 35.5. The molecule has 0 aliphatic heterocycles. The molecule has 1 aliphatic rings. The van der Waals surface area contributed by atoms with Crippen LogP contribution in [-0.4, -0.2) is 38.1 Å². The van der Waals surface area contributed by atoms with Gasteiger partial charge in [-0.05, 0) is 56.4 Å². The van der Waals surface area contributed by atoms with Gasteiger partial charge in [0.05, 0.1) is 30.5 Å². The molecule has 2 N–H and O–H groups in total. The van der Waals surface area contributed by atoms with Crippen molar-refractivity contribution in [3.8, 4) is 16.9 Å². The van der Waals surface area contributed by atoms with Crippen molar-refractivity contribution in [2.75, 3.05) is 7.11 Å². The maximum atomic E-state index is 14.5. The van der Waals surface area contributed by atoms with E-state index in [0.717, 1.165) is 48.6 Å². The molecule has 0 bridgehead atoms. The number of H-pyrrole nitrogens is 1. The number of aromatic amines is 1. The highest BCUT2D eigenvalue weighted by Gasteiger charge is 2.25. The van der Waals surface area contributed by atoms with E-state index in [-0.39, 0.29) is 28.5 Å². The molecule has 3 aromatic heterocycles. The van der Waals surface area contributed by atoms with Crippen molar-refractivity contribution in [3.63, 3.8) is 0 Å². The monoisotopic (exact) mass is 485 g/mol. The second-order valence-corrected chi connectivity index (χ2v) is 9.20. The summed E-state index contributed by atoms with van der Waals surface area (Å²) in [5, 5.41) is 14.8. The van der Waals surface area contributed by atoms with E-state index >= 15 is 0 Å². The highest BCUT2D eigenvalue weighted by Crippen LogP contribution is 2.41. The third-order valence-electron chi connectivity index (χ3n) is 6.84. The molecule has 4 aromatic rings. The fourth-order valence-electron chi connectivity index (χ4n) is 4.94. The van der Waals surface area contributed by atoms with Gasteiger partial charge in [-0.1, -0.05) is 18.5 Å². The van der Waals surface area contributed by atoms with E-state index in [4.69, 9.17) is 20.5 Å². The summed E-state index contributed by atoms with van der Waals surface area (Å²) in [4.78, 5) is 7.60. The number of benzene rings is 1. The highest BCUT2D eigenvalue weighted by molar-refractivity contribution is 6.31. The fourth-order valence-corrected chi connectivity index (χ4v) is 5.20. The minimum Gasteiger partial charge on any atom is -0.496 e. The van der Waals surface area contributed by atoms with Crippen molar-refractivity contribution in [1.29, 1.82) is 0 Å². The molecule has 0 saturated heterocycles. The Bertz CT molecular complexity index is 1440. The first kappa shape index (κ1) is 19.4. The first-order chi connectivity index (χ1) is 17.6. The lowest BCUT2D eigenvalue weighted by Crippen LogP contribution is -2.22. The molecule has 5 rings (SSSR count). The maximum absolute atomic E-state index is 14.5. The number of aliphatic hydroxyl groups is 1. The molecule has 8 heteroatoms. The average Bonchev–Trinajstić information content (AvgIpc) is 3.45. The second kappa shape index (κ2) is 9.04. The molecule has 1 aliphatic carbocycles. The number of aromatic nitrogens is 4. The summed E-state index contributed by atoms with van der Waals surface area (Å²) in [6, 6.07) is 4.64. The van der Waals surface area contributed by atoms with Crippen molar-refractivity contribution >= 4 is 22.6 Å². The van der Waals surface area contributed by atoms with Crippen LogP contribution < -0.4 is 4.74 Å². The second-order valence-electron chi connectivity index (χ2n) is 8.83. The van der Waals surface area contributed by atoms with Gasteiger partial charge in [0.25, 0.3) is 0 Å². The maximum Gasteiger partial charge on any atom is 0.142 e. The molecule has 0 radical (unpaired) electrons. The number of pyridine rings is 1. The van der Waals surface area contributed by atoms with Gasteiger partial charge in [0, 0.05) is 50.2 Å². The van der Waals surface area contributed by atoms with E-state index in [1.54, 1.807) is 18.6 Å². The summed E-state index contributed by atoms with van der Waals surface area (Å²) in [6.45, 7) is -0.555. The number of hydrogen-bond acceptors (Lipinski definition) is 4. The lowest BCUT2D eigenvalue weighted by Gasteiger charge is -2.26. The number of nitrogens with one attached hydrogen (secondary N) is 1. The summed E-state index contributed by atoms with van der Waals surface area (Å²) in [6.07, 6.45) is 8.08. The van der Waals surface area contributed by atoms with Crippen molar-refractivity contribution in [2.24, 2.45) is 0 Å². The van der Waals surface area contributed by atoms with Gasteiger partial charge in [-0.3, -0.25) is 4.68 Å². The van der Waals surface area contributed by atoms with E-state index in [1.165, 1.54) is 13.2 Å². The van der Waals surface area contributed by atoms with E-state index in [1.807, 2.05) is 17.7 Å². The van der Waals surface area contributed by atoms with E-state index < -0.39 is 18.6 Å². The van der Waals surface area contributed by atoms with Gasteiger partial charge in [-0.2, -0.15) is 5.10 Å². The molecule has 0 amide bonds. The summed E-state index contributed by atoms with van der Waals surface area (Å²) in [5.74, 6) is -1.78. The molecular weight excluding hydrogens is 455 g/mol. The summed E-state index contributed by atoms with van der Waals surface area (Å²) < 4.78 is 46.9. The Labute approximate surface area is 206 Å². The van der Waals surface area contributed by atoms with Crippen LogP contribution in [0.3, 0.4) is 0 Å². The molecule has 1 saturated carbocycles. The normalized spacial score (nSPS) is 21.1. The van der Waals surface area contributed by atoms with Gasteiger partial charge < -0.3 is 14.8 Å². The van der Waals surface area contributed by atoms with Crippen LogP contribution in [-0.2, 0) is 0 Å². The predicted molar refractivity (Wildman–Crippen MR) is 131 cm³/mol. The molecular formula is C26H28ClFN4O2. The van der Waals surface area contributed by atoms with Crippen LogP contribution in [0.5, 0.6) is 5.75 Å². The molecule has 1 atom stereocenters. The van der Waals surface area contributed by atoms with Gasteiger partial charge in [-0.25, -0.2) is 9.37 Å². The lowest BCUT2D eigenvalue weighted by atomic mass is 9.91. The van der Waals surface area contributed by atoms with Gasteiger partial charge in [0.2, 0.25) is 0 Å². The van der Waals surface area contributed by atoms with Crippen molar-refractivity contribution < 1.29 is 18.3 Å². The third kappa shape index (κ3) is 3.87. The number of hydrogen-bond donors (Lipinski definition) is 2. The number of halogens is 2. The van der Waals surface area contributed by atoms with Crippen LogP contribution in [0.1, 0.15) is 65.4 Å². The Kier molecular flexibility index (Phi) is 5.16. The first-order valence-corrected chi connectivity index (χ1v) is 11.7. The standard InChI is InChI=1S/C26H28ClFN4O2/c1-14(24-23(34-3)9-8-22(28)25(24)27)20-12-30-26-19(20)10-16(11-29-26)21-13-31-32(15(21)2)17-4-6-18(33)7-5-17/h8-14,17-18,33H,4-7H2,1-3H3,(H,29,30)/t14-,17-,18-/m0/s1/i1D3. The van der Waals surface area contributed by atoms with Gasteiger partial charge >= 0.3 is 0 Å². The Morgan fingerprint density at radius 3 is 2.82 bits per heavy atom. The molecule has 178 valence electrons. The Morgan fingerprint density at radius 2 is 2.09 bits per heavy atom. The van der Waals surface area contributed by atoms with Crippen LogP contribution in [0.2, 0.25) is 5.02 Å². The summed E-state index contributed by atoms with van der Waals surface area (Å²) >= 11 is 6.32. The Balaban J connectivity index is 1.62. The number of ether oxygens (including phenoxy) is 1. The summed E-state index contributed by atoms with van der Waals surface area (Å²) in [5.41, 5.74) is 3.64. The number of fused-ring (bicyclic) bond motifs is 1. The number of rotatable bonds is 5. The van der Waals surface area contributed by atoms with E-state index in [0.29, 0.717) is 16.6 Å². The molecule has 3 heterocycles. The first-order valence-electron chi connectivity index (χ1n) is 12.8. The van der Waals surface area contributed by atoms with Crippen molar-refractivity contribution in [1.82, 2.24) is 19.7 Å². The molecule has 1 fully saturated rings. The van der Waals surface area contributed by atoms with Crippen LogP contribution in [0, 0.1) is 12.7 Å². The number of aliphatic hydroxyl groups excluding tert-OH is 1. The van der Waals surface area contributed by atoms with Gasteiger partial charge in [0.15, 0.2) is 0 Å². The van der Waals surface area contributed by atoms with Crippen LogP contribution >= 0.6 is 11.6 Å². The van der Waals surface area contributed by atoms with Crippen LogP contribution in [0.4, 0.5) is 4.39 Å².